The molecule has 1 atom stereocenters. The zero-order valence-corrected chi connectivity index (χ0v) is 25.4. The van der Waals surface area contributed by atoms with Gasteiger partial charge in [-0.1, -0.05) is 48.5 Å². The first-order valence-electron chi connectivity index (χ1n) is 15.1. The second-order valence-electron chi connectivity index (χ2n) is 11.3. The number of benzene rings is 3. The van der Waals surface area contributed by atoms with E-state index in [1.165, 1.54) is 22.3 Å². The molecule has 1 aliphatic heterocycles. The van der Waals surface area contributed by atoms with Crippen LogP contribution in [0.4, 0.5) is 5.69 Å². The van der Waals surface area contributed by atoms with Crippen molar-refractivity contribution < 1.29 is 9.84 Å². The van der Waals surface area contributed by atoms with Gasteiger partial charge in [0.05, 0.1) is 21.4 Å². The van der Waals surface area contributed by atoms with Crippen LogP contribution < -0.4 is 9.64 Å². The SMILES string of the molecule is CCN(CC)c1ccc(OCC(O)CN2CCN(C3c4ccccc4CCc4ccccc43)CC2)c2sc(C)nc12. The van der Waals surface area contributed by atoms with Crippen molar-refractivity contribution in [2.24, 2.45) is 0 Å². The minimum atomic E-state index is -0.549. The number of β-amino-alcohol motifs (C(OH)–C–C–N with tert-alkyl or cyclic N) is 1. The van der Waals surface area contributed by atoms with Crippen molar-refractivity contribution in [2.45, 2.75) is 45.8 Å². The van der Waals surface area contributed by atoms with Crippen LogP contribution in [0.25, 0.3) is 10.2 Å². The zero-order chi connectivity index (χ0) is 28.3. The lowest BCUT2D eigenvalue weighted by Crippen LogP contribution is -2.50. The summed E-state index contributed by atoms with van der Waals surface area (Å²) >= 11 is 1.66. The maximum absolute atomic E-state index is 11.0. The number of thiazole rings is 1. The van der Waals surface area contributed by atoms with Crippen molar-refractivity contribution in [3.63, 3.8) is 0 Å². The van der Waals surface area contributed by atoms with Gasteiger partial charge in [0.25, 0.3) is 0 Å². The topological polar surface area (TPSA) is 52.1 Å². The van der Waals surface area contributed by atoms with Gasteiger partial charge in [0.2, 0.25) is 0 Å². The Morgan fingerprint density at radius 3 is 2.20 bits per heavy atom. The Labute approximate surface area is 248 Å². The Morgan fingerprint density at radius 1 is 0.927 bits per heavy atom. The standard InChI is InChI=1S/C34H42N4O2S/c1-4-37(5-2)30-16-17-31(34-32(30)35-24(3)41-34)40-23-27(39)22-36-18-20-38(21-19-36)33-28-12-8-6-10-25(28)14-15-26-11-7-9-13-29(26)33/h6-13,16-17,27,33,39H,4-5,14-15,18-23H2,1-3H3. The van der Waals surface area contributed by atoms with Gasteiger partial charge < -0.3 is 14.7 Å². The molecule has 1 saturated heterocycles. The monoisotopic (exact) mass is 570 g/mol. The summed E-state index contributed by atoms with van der Waals surface area (Å²) in [5.41, 5.74) is 8.00. The Bertz CT molecular complexity index is 1430. The molecule has 4 aromatic rings. The summed E-state index contributed by atoms with van der Waals surface area (Å²) < 4.78 is 7.28. The van der Waals surface area contributed by atoms with Crippen molar-refractivity contribution >= 4 is 27.2 Å². The highest BCUT2D eigenvalue weighted by Gasteiger charge is 2.31. The van der Waals surface area contributed by atoms with Crippen LogP contribution in [0.5, 0.6) is 5.75 Å². The summed E-state index contributed by atoms with van der Waals surface area (Å²) in [6.07, 6.45) is 1.65. The first kappa shape index (κ1) is 28.2. The van der Waals surface area contributed by atoms with E-state index in [0.717, 1.165) is 78.8 Å². The molecule has 1 aliphatic carbocycles. The molecule has 6 rings (SSSR count). The molecule has 1 fully saturated rings. The minimum Gasteiger partial charge on any atom is -0.489 e. The predicted molar refractivity (Wildman–Crippen MR) is 170 cm³/mol. The maximum Gasteiger partial charge on any atom is 0.139 e. The molecule has 1 unspecified atom stereocenters. The van der Waals surface area contributed by atoms with E-state index in [1.54, 1.807) is 11.3 Å². The summed E-state index contributed by atoms with van der Waals surface area (Å²) in [4.78, 5) is 12.2. The number of hydrogen-bond donors (Lipinski definition) is 1. The number of piperazine rings is 1. The fraction of sp³-hybridized carbons (Fsp3) is 0.441. The lowest BCUT2D eigenvalue weighted by Gasteiger charge is -2.40. The van der Waals surface area contributed by atoms with Crippen LogP contribution in [-0.2, 0) is 12.8 Å². The number of aryl methyl sites for hydroxylation is 3. The number of nitrogens with zero attached hydrogens (tertiary/aromatic N) is 4. The van der Waals surface area contributed by atoms with Crippen molar-refractivity contribution in [1.82, 2.24) is 14.8 Å². The van der Waals surface area contributed by atoms with Gasteiger partial charge in [-0.05, 0) is 68.0 Å². The number of aromatic nitrogens is 1. The molecule has 2 aliphatic rings. The van der Waals surface area contributed by atoms with E-state index >= 15 is 0 Å². The molecule has 0 saturated carbocycles. The molecule has 0 radical (unpaired) electrons. The normalized spacial score (nSPS) is 17.2. The molecule has 41 heavy (non-hydrogen) atoms. The van der Waals surface area contributed by atoms with E-state index in [2.05, 4.69) is 83.1 Å². The Morgan fingerprint density at radius 2 is 1.56 bits per heavy atom. The van der Waals surface area contributed by atoms with Crippen molar-refractivity contribution in [2.75, 3.05) is 57.3 Å². The molecule has 1 aromatic heterocycles. The summed E-state index contributed by atoms with van der Waals surface area (Å²) in [5, 5.41) is 12.0. The van der Waals surface area contributed by atoms with Crippen LogP contribution in [0.3, 0.4) is 0 Å². The summed E-state index contributed by atoms with van der Waals surface area (Å²) in [6, 6.07) is 22.4. The molecule has 7 heteroatoms. The highest BCUT2D eigenvalue weighted by atomic mass is 32.1. The average molecular weight is 571 g/mol. The van der Waals surface area contributed by atoms with Gasteiger partial charge in [0.1, 0.15) is 24.0 Å². The van der Waals surface area contributed by atoms with Crippen LogP contribution in [0, 0.1) is 6.92 Å². The summed E-state index contributed by atoms with van der Waals surface area (Å²) in [7, 11) is 0. The van der Waals surface area contributed by atoms with E-state index in [1.807, 2.05) is 13.0 Å². The third kappa shape index (κ3) is 5.86. The third-order valence-corrected chi connectivity index (χ3v) is 9.72. The number of anilines is 1. The van der Waals surface area contributed by atoms with Gasteiger partial charge in [-0.25, -0.2) is 4.98 Å². The Balaban J connectivity index is 1.09. The molecule has 0 bridgehead atoms. The smallest absolute Gasteiger partial charge is 0.139 e. The lowest BCUT2D eigenvalue weighted by atomic mass is 9.92. The number of ether oxygens (including phenoxy) is 1. The van der Waals surface area contributed by atoms with Gasteiger partial charge in [0.15, 0.2) is 0 Å². The van der Waals surface area contributed by atoms with E-state index < -0.39 is 6.10 Å². The number of hydrogen-bond acceptors (Lipinski definition) is 7. The minimum absolute atomic E-state index is 0.278. The van der Waals surface area contributed by atoms with E-state index in [9.17, 15) is 5.11 Å². The predicted octanol–water partition coefficient (Wildman–Crippen LogP) is 5.70. The zero-order valence-electron chi connectivity index (χ0n) is 24.6. The molecule has 0 spiro atoms. The highest BCUT2D eigenvalue weighted by Crippen LogP contribution is 2.38. The molecular formula is C34H42N4O2S. The van der Waals surface area contributed by atoms with Gasteiger partial charge in [-0.15, -0.1) is 11.3 Å². The number of aliphatic hydroxyl groups is 1. The van der Waals surface area contributed by atoms with Crippen LogP contribution in [-0.4, -0.2) is 78.4 Å². The second kappa shape index (κ2) is 12.5. The fourth-order valence-electron chi connectivity index (χ4n) is 6.64. The first-order chi connectivity index (χ1) is 20.1. The Kier molecular flexibility index (Phi) is 8.58. The molecule has 1 N–H and O–H groups in total. The van der Waals surface area contributed by atoms with Crippen molar-refractivity contribution in [3.8, 4) is 5.75 Å². The van der Waals surface area contributed by atoms with Crippen molar-refractivity contribution in [3.05, 3.63) is 87.9 Å². The van der Waals surface area contributed by atoms with E-state index in [4.69, 9.17) is 9.72 Å². The first-order valence-corrected chi connectivity index (χ1v) is 15.9. The van der Waals surface area contributed by atoms with Crippen LogP contribution >= 0.6 is 11.3 Å². The van der Waals surface area contributed by atoms with Gasteiger partial charge >= 0.3 is 0 Å². The molecule has 216 valence electrons. The molecule has 3 aromatic carbocycles. The highest BCUT2D eigenvalue weighted by molar-refractivity contribution is 7.19. The average Bonchev–Trinajstić information content (AvgIpc) is 3.31. The Hall–Kier alpha value is -2.97. The van der Waals surface area contributed by atoms with Crippen molar-refractivity contribution in [1.29, 1.82) is 0 Å². The van der Waals surface area contributed by atoms with E-state index in [-0.39, 0.29) is 6.61 Å². The molecule has 0 amide bonds. The van der Waals surface area contributed by atoms with Crippen LogP contribution in [0.2, 0.25) is 0 Å². The number of fused-ring (bicyclic) bond motifs is 3. The van der Waals surface area contributed by atoms with E-state index in [0.29, 0.717) is 12.6 Å². The van der Waals surface area contributed by atoms with Crippen LogP contribution in [0.1, 0.15) is 47.2 Å². The van der Waals surface area contributed by atoms with Gasteiger partial charge in [0, 0.05) is 45.8 Å². The number of aliphatic hydroxyl groups excluding tert-OH is 1. The summed E-state index contributed by atoms with van der Waals surface area (Å²) in [6.45, 7) is 13.0. The molecule has 6 nitrogen and oxygen atoms in total. The third-order valence-electron chi connectivity index (χ3n) is 8.73. The summed E-state index contributed by atoms with van der Waals surface area (Å²) in [5.74, 6) is 0.816. The second-order valence-corrected chi connectivity index (χ2v) is 12.5. The molecule has 2 heterocycles. The van der Waals surface area contributed by atoms with Gasteiger partial charge in [-0.3, -0.25) is 9.80 Å². The number of rotatable bonds is 9. The fourth-order valence-corrected chi connectivity index (χ4v) is 7.55. The lowest BCUT2D eigenvalue weighted by molar-refractivity contribution is 0.0404. The van der Waals surface area contributed by atoms with Gasteiger partial charge in [-0.2, -0.15) is 0 Å². The maximum atomic E-state index is 11.0. The molecular weight excluding hydrogens is 528 g/mol. The quantitative estimate of drug-likeness (QED) is 0.279. The largest absolute Gasteiger partial charge is 0.489 e. The van der Waals surface area contributed by atoms with Crippen LogP contribution in [0.15, 0.2) is 60.7 Å².